The fourth-order valence-electron chi connectivity index (χ4n) is 4.24. The topological polar surface area (TPSA) is 65.0 Å². The van der Waals surface area contributed by atoms with Crippen molar-refractivity contribution in [2.24, 2.45) is 13.0 Å². The number of rotatable bonds is 7. The van der Waals surface area contributed by atoms with E-state index in [1.165, 1.54) is 0 Å². The minimum Gasteiger partial charge on any atom is -0.478 e. The van der Waals surface area contributed by atoms with Gasteiger partial charge in [-0.3, -0.25) is 5.10 Å². The number of hydrogen-bond acceptors (Lipinski definition) is 5. The van der Waals surface area contributed by atoms with E-state index < -0.39 is 0 Å². The Bertz CT molecular complexity index is 1040. The van der Waals surface area contributed by atoms with Crippen molar-refractivity contribution in [1.29, 1.82) is 0 Å². The number of pyridine rings is 1. The number of nitrogens with zero attached hydrogens (tertiary/aromatic N) is 3. The number of aromatic amines is 1. The van der Waals surface area contributed by atoms with Crippen LogP contribution in [0.4, 0.5) is 0 Å². The highest BCUT2D eigenvalue weighted by atomic mass is 32.1. The first kappa shape index (κ1) is 19.6. The van der Waals surface area contributed by atoms with Gasteiger partial charge in [-0.1, -0.05) is 37.3 Å². The number of hydrogen-bond donors (Lipinski definition) is 1. The summed E-state index contributed by atoms with van der Waals surface area (Å²) in [4.78, 5) is 4.55. The highest BCUT2D eigenvalue weighted by Gasteiger charge is 2.48. The van der Waals surface area contributed by atoms with Crippen LogP contribution in [0.15, 0.2) is 42.5 Å². The van der Waals surface area contributed by atoms with E-state index in [9.17, 15) is 0 Å². The summed E-state index contributed by atoms with van der Waals surface area (Å²) in [5, 5.41) is 7.50. The van der Waals surface area contributed by atoms with Crippen molar-refractivity contribution in [3.63, 3.8) is 0 Å². The third-order valence-corrected chi connectivity index (χ3v) is 5.92. The van der Waals surface area contributed by atoms with E-state index in [-0.39, 0.29) is 5.41 Å². The zero-order chi connectivity index (χ0) is 20.4. The maximum absolute atomic E-state index is 6.03. The first-order valence-corrected chi connectivity index (χ1v) is 10.4. The molecule has 1 N–H and O–H groups in total. The van der Waals surface area contributed by atoms with E-state index in [1.54, 1.807) is 0 Å². The molecule has 0 saturated heterocycles. The largest absolute Gasteiger partial charge is 0.478 e. The van der Waals surface area contributed by atoms with Gasteiger partial charge in [0.05, 0.1) is 12.0 Å². The molecule has 29 heavy (non-hydrogen) atoms. The predicted molar refractivity (Wildman–Crippen MR) is 114 cm³/mol. The van der Waals surface area contributed by atoms with Gasteiger partial charge in [-0.05, 0) is 49.0 Å². The third kappa shape index (κ3) is 3.79. The minimum absolute atomic E-state index is 0.221. The number of H-pyrrole nitrogens is 1. The Kier molecular flexibility index (Phi) is 5.41. The molecule has 1 fully saturated rings. The first-order chi connectivity index (χ1) is 14.0. The van der Waals surface area contributed by atoms with Crippen LogP contribution in [0.1, 0.15) is 43.6 Å². The maximum Gasteiger partial charge on any atom is 0.217 e. The fraction of sp³-hybridized carbons (Fsp3) is 0.409. The molecule has 0 bridgehead atoms. The molecule has 0 aliphatic heterocycles. The molecule has 0 amide bonds. The van der Waals surface area contributed by atoms with Crippen LogP contribution in [0.25, 0.3) is 0 Å². The maximum atomic E-state index is 6.03. The van der Waals surface area contributed by atoms with E-state index in [1.807, 2.05) is 61.0 Å². The SMILES string of the molecule is CCOc1cc(C2(c3n[nH]c(=S)n3C)CC(C)C2)cc(OCc2ccccc2)n1. The van der Waals surface area contributed by atoms with Gasteiger partial charge in [-0.15, -0.1) is 0 Å². The smallest absolute Gasteiger partial charge is 0.217 e. The molecule has 6 nitrogen and oxygen atoms in total. The van der Waals surface area contributed by atoms with E-state index in [4.69, 9.17) is 21.7 Å². The van der Waals surface area contributed by atoms with Crippen LogP contribution in [0, 0.1) is 10.7 Å². The molecule has 1 aliphatic rings. The number of ether oxygens (including phenoxy) is 2. The summed E-state index contributed by atoms with van der Waals surface area (Å²) in [7, 11) is 1.96. The fourth-order valence-corrected chi connectivity index (χ4v) is 4.37. The average Bonchev–Trinajstić information content (AvgIpc) is 3.03. The lowest BCUT2D eigenvalue weighted by molar-refractivity contribution is 0.183. The molecule has 1 saturated carbocycles. The molecular weight excluding hydrogens is 384 g/mol. The van der Waals surface area contributed by atoms with Crippen molar-refractivity contribution >= 4 is 12.2 Å². The number of aromatic nitrogens is 4. The summed E-state index contributed by atoms with van der Waals surface area (Å²) in [6, 6.07) is 14.1. The second-order valence-electron chi connectivity index (χ2n) is 7.75. The quantitative estimate of drug-likeness (QED) is 0.578. The van der Waals surface area contributed by atoms with Crippen molar-refractivity contribution in [3.05, 3.63) is 64.2 Å². The second kappa shape index (κ2) is 7.99. The monoisotopic (exact) mass is 410 g/mol. The van der Waals surface area contributed by atoms with Crippen molar-refractivity contribution in [1.82, 2.24) is 19.7 Å². The Morgan fingerprint density at radius 1 is 1.17 bits per heavy atom. The van der Waals surface area contributed by atoms with Gasteiger partial charge in [-0.2, -0.15) is 10.1 Å². The summed E-state index contributed by atoms with van der Waals surface area (Å²) in [5.74, 6) is 2.69. The zero-order valence-corrected chi connectivity index (χ0v) is 17.8. The predicted octanol–water partition coefficient (Wildman–Crippen LogP) is 4.57. The van der Waals surface area contributed by atoms with Crippen molar-refractivity contribution < 1.29 is 9.47 Å². The van der Waals surface area contributed by atoms with E-state index in [0.29, 0.717) is 35.7 Å². The highest BCUT2D eigenvalue weighted by Crippen LogP contribution is 2.52. The molecule has 0 atom stereocenters. The summed E-state index contributed by atoms with van der Waals surface area (Å²) in [5.41, 5.74) is 1.98. The lowest BCUT2D eigenvalue weighted by atomic mass is 9.58. The normalized spacial score (nSPS) is 20.9. The van der Waals surface area contributed by atoms with Gasteiger partial charge in [-0.25, -0.2) is 0 Å². The molecule has 0 radical (unpaired) electrons. The summed E-state index contributed by atoms with van der Waals surface area (Å²) in [6.07, 6.45) is 1.99. The Balaban J connectivity index is 1.72. The Labute approximate surface area is 175 Å². The molecule has 1 aromatic carbocycles. The number of benzene rings is 1. The third-order valence-electron chi connectivity index (χ3n) is 5.55. The van der Waals surface area contributed by atoms with Gasteiger partial charge in [0.1, 0.15) is 12.4 Å². The number of nitrogens with one attached hydrogen (secondary N) is 1. The molecule has 2 aromatic heterocycles. The standard InChI is InChI=1S/C22H26N4O2S/c1-4-27-18-10-17(11-19(23-18)28-14-16-8-6-5-7-9-16)22(12-15(2)13-22)20-24-25-21(29)26(20)3/h5-11,15H,4,12-14H2,1-3H3,(H,25,29). The Morgan fingerprint density at radius 3 is 2.45 bits per heavy atom. The molecule has 7 heteroatoms. The van der Waals surface area contributed by atoms with Crippen LogP contribution in [0.2, 0.25) is 0 Å². The van der Waals surface area contributed by atoms with Gasteiger partial charge in [0, 0.05) is 19.2 Å². The van der Waals surface area contributed by atoms with Crippen molar-refractivity contribution in [2.45, 2.75) is 38.7 Å². The van der Waals surface area contributed by atoms with Crippen LogP contribution in [0.5, 0.6) is 11.8 Å². The second-order valence-corrected chi connectivity index (χ2v) is 8.13. The van der Waals surface area contributed by atoms with Crippen LogP contribution in [-0.4, -0.2) is 26.4 Å². The van der Waals surface area contributed by atoms with Gasteiger partial charge >= 0.3 is 0 Å². The Hall–Kier alpha value is -2.67. The van der Waals surface area contributed by atoms with Crippen molar-refractivity contribution in [2.75, 3.05) is 6.61 Å². The van der Waals surface area contributed by atoms with E-state index >= 15 is 0 Å². The minimum atomic E-state index is -0.221. The van der Waals surface area contributed by atoms with Crippen LogP contribution < -0.4 is 9.47 Å². The molecule has 152 valence electrons. The summed E-state index contributed by atoms with van der Waals surface area (Å²) >= 11 is 5.37. The Morgan fingerprint density at radius 2 is 1.86 bits per heavy atom. The molecular formula is C22H26N4O2S. The first-order valence-electron chi connectivity index (χ1n) is 9.96. The van der Waals surface area contributed by atoms with E-state index in [0.717, 1.165) is 29.8 Å². The highest BCUT2D eigenvalue weighted by molar-refractivity contribution is 7.71. The lowest BCUT2D eigenvalue weighted by Crippen LogP contribution is -2.43. The van der Waals surface area contributed by atoms with Crippen LogP contribution in [0.3, 0.4) is 0 Å². The molecule has 4 rings (SSSR count). The molecule has 0 unspecified atom stereocenters. The average molecular weight is 411 g/mol. The van der Waals surface area contributed by atoms with Crippen LogP contribution >= 0.6 is 12.2 Å². The van der Waals surface area contributed by atoms with Crippen LogP contribution in [-0.2, 0) is 19.1 Å². The van der Waals surface area contributed by atoms with Crippen molar-refractivity contribution in [3.8, 4) is 11.8 Å². The summed E-state index contributed by atoms with van der Waals surface area (Å²) in [6.45, 7) is 5.22. The molecule has 1 aliphatic carbocycles. The molecule has 2 heterocycles. The van der Waals surface area contributed by atoms with Gasteiger partial charge in [0.2, 0.25) is 11.8 Å². The lowest BCUT2D eigenvalue weighted by Gasteiger charge is -2.46. The molecule has 3 aromatic rings. The van der Waals surface area contributed by atoms with Gasteiger partial charge in [0.15, 0.2) is 4.77 Å². The van der Waals surface area contributed by atoms with E-state index in [2.05, 4.69) is 22.1 Å². The van der Waals surface area contributed by atoms with Gasteiger partial charge in [0.25, 0.3) is 0 Å². The zero-order valence-electron chi connectivity index (χ0n) is 17.0. The molecule has 0 spiro atoms. The van der Waals surface area contributed by atoms with Gasteiger partial charge < -0.3 is 14.0 Å². The summed E-state index contributed by atoms with van der Waals surface area (Å²) < 4.78 is 14.4.